The smallest absolute Gasteiger partial charge is 0.224 e. The summed E-state index contributed by atoms with van der Waals surface area (Å²) in [6.45, 7) is 2.14. The molecule has 4 heteroatoms. The van der Waals surface area contributed by atoms with Crippen LogP contribution in [0.5, 0.6) is 0 Å². The van der Waals surface area contributed by atoms with Crippen LogP contribution in [-0.4, -0.2) is 25.0 Å². The molecule has 0 aromatic heterocycles. The van der Waals surface area contributed by atoms with Crippen LogP contribution in [-0.2, 0) is 11.2 Å². The summed E-state index contributed by atoms with van der Waals surface area (Å²) in [6.07, 6.45) is 0.504. The van der Waals surface area contributed by atoms with E-state index in [9.17, 15) is 4.79 Å². The van der Waals surface area contributed by atoms with E-state index in [1.165, 1.54) is 0 Å². The van der Waals surface area contributed by atoms with Gasteiger partial charge >= 0.3 is 0 Å². The minimum atomic E-state index is 0. The predicted octanol–water partition coefficient (Wildman–Crippen LogP) is 0.985. The van der Waals surface area contributed by atoms with E-state index in [2.05, 4.69) is 10.6 Å². The second kappa shape index (κ2) is 5.07. The second-order valence-electron chi connectivity index (χ2n) is 4.74. The minimum Gasteiger partial charge on any atom is -0.352 e. The fraction of sp³-hybridized carbons (Fsp3) is 0.462. The van der Waals surface area contributed by atoms with Crippen molar-refractivity contribution >= 4 is 18.3 Å². The van der Waals surface area contributed by atoms with Crippen LogP contribution in [0.15, 0.2) is 30.3 Å². The van der Waals surface area contributed by atoms with Crippen molar-refractivity contribution in [2.75, 3.05) is 13.1 Å². The summed E-state index contributed by atoms with van der Waals surface area (Å²) in [7, 11) is 0. The Labute approximate surface area is 107 Å². The molecule has 2 aliphatic rings. The molecule has 17 heavy (non-hydrogen) atoms. The summed E-state index contributed by atoms with van der Waals surface area (Å²) in [6, 6.07) is 10.3. The van der Waals surface area contributed by atoms with Crippen LogP contribution in [0.2, 0.25) is 0 Å². The van der Waals surface area contributed by atoms with Gasteiger partial charge in [-0.1, -0.05) is 30.3 Å². The SMILES string of the molecule is Cl.O=C(Cc1ccccc1)NC1C2CNCC21. The summed E-state index contributed by atoms with van der Waals surface area (Å²) in [4.78, 5) is 11.8. The molecule has 1 aromatic rings. The highest BCUT2D eigenvalue weighted by Gasteiger charge is 2.53. The molecular weight excluding hydrogens is 236 g/mol. The van der Waals surface area contributed by atoms with E-state index < -0.39 is 0 Å². The Morgan fingerprint density at radius 2 is 1.88 bits per heavy atom. The van der Waals surface area contributed by atoms with Gasteiger partial charge in [-0.25, -0.2) is 0 Å². The maximum atomic E-state index is 11.8. The van der Waals surface area contributed by atoms with E-state index in [1.807, 2.05) is 30.3 Å². The first-order valence-corrected chi connectivity index (χ1v) is 5.88. The van der Waals surface area contributed by atoms with Gasteiger partial charge in [0.25, 0.3) is 0 Å². The third-order valence-corrected chi connectivity index (χ3v) is 3.63. The molecular formula is C13H17ClN2O. The predicted molar refractivity (Wildman–Crippen MR) is 69.2 cm³/mol. The number of nitrogens with one attached hydrogen (secondary N) is 2. The molecule has 1 saturated heterocycles. The van der Waals surface area contributed by atoms with Crippen LogP contribution in [0, 0.1) is 11.8 Å². The lowest BCUT2D eigenvalue weighted by atomic mass is 10.1. The van der Waals surface area contributed by atoms with Crippen LogP contribution < -0.4 is 10.6 Å². The van der Waals surface area contributed by atoms with Crippen LogP contribution in [0.25, 0.3) is 0 Å². The molecule has 2 N–H and O–H groups in total. The molecule has 1 amide bonds. The van der Waals surface area contributed by atoms with E-state index in [0.717, 1.165) is 18.7 Å². The quantitative estimate of drug-likeness (QED) is 0.842. The van der Waals surface area contributed by atoms with Crippen LogP contribution in [0.1, 0.15) is 5.56 Å². The molecule has 2 atom stereocenters. The lowest BCUT2D eigenvalue weighted by molar-refractivity contribution is -0.120. The lowest BCUT2D eigenvalue weighted by Gasteiger charge is -2.07. The normalized spacial score (nSPS) is 29.1. The molecule has 0 bridgehead atoms. The third-order valence-electron chi connectivity index (χ3n) is 3.63. The standard InChI is InChI=1S/C13H16N2O.ClH/c16-12(6-9-4-2-1-3-5-9)15-13-10-7-14-8-11(10)13;/h1-5,10-11,13-14H,6-8H2,(H,15,16);1H. The average Bonchev–Trinajstić information content (AvgIpc) is 2.76. The number of amides is 1. The Morgan fingerprint density at radius 3 is 2.53 bits per heavy atom. The molecule has 1 aliphatic heterocycles. The summed E-state index contributed by atoms with van der Waals surface area (Å²) < 4.78 is 0. The Hall–Kier alpha value is -1.06. The van der Waals surface area contributed by atoms with Gasteiger partial charge in [0, 0.05) is 19.1 Å². The van der Waals surface area contributed by atoms with Crippen molar-refractivity contribution in [3.8, 4) is 0 Å². The average molecular weight is 253 g/mol. The van der Waals surface area contributed by atoms with Crippen molar-refractivity contribution in [1.82, 2.24) is 10.6 Å². The van der Waals surface area contributed by atoms with Crippen molar-refractivity contribution < 1.29 is 4.79 Å². The zero-order valence-electron chi connectivity index (χ0n) is 9.56. The molecule has 1 aromatic carbocycles. The van der Waals surface area contributed by atoms with Crippen molar-refractivity contribution in [3.63, 3.8) is 0 Å². The van der Waals surface area contributed by atoms with Crippen molar-refractivity contribution in [3.05, 3.63) is 35.9 Å². The zero-order chi connectivity index (χ0) is 11.0. The maximum Gasteiger partial charge on any atom is 0.224 e. The van der Waals surface area contributed by atoms with E-state index in [0.29, 0.717) is 24.3 Å². The lowest BCUT2D eigenvalue weighted by Crippen LogP contribution is -2.33. The molecule has 1 aliphatic carbocycles. The van der Waals surface area contributed by atoms with E-state index >= 15 is 0 Å². The number of hydrogen-bond acceptors (Lipinski definition) is 2. The molecule has 3 nitrogen and oxygen atoms in total. The molecule has 92 valence electrons. The molecule has 2 fully saturated rings. The number of benzene rings is 1. The van der Waals surface area contributed by atoms with Crippen LogP contribution in [0.4, 0.5) is 0 Å². The topological polar surface area (TPSA) is 41.1 Å². The first-order valence-electron chi connectivity index (χ1n) is 5.88. The number of piperidine rings is 1. The zero-order valence-corrected chi connectivity index (χ0v) is 10.4. The van der Waals surface area contributed by atoms with Gasteiger partial charge in [-0.3, -0.25) is 4.79 Å². The van der Waals surface area contributed by atoms with Crippen LogP contribution in [0.3, 0.4) is 0 Å². The molecule has 1 saturated carbocycles. The van der Waals surface area contributed by atoms with Gasteiger partial charge in [-0.2, -0.15) is 0 Å². The monoisotopic (exact) mass is 252 g/mol. The van der Waals surface area contributed by atoms with Crippen molar-refractivity contribution in [1.29, 1.82) is 0 Å². The van der Waals surface area contributed by atoms with Crippen molar-refractivity contribution in [2.45, 2.75) is 12.5 Å². The second-order valence-corrected chi connectivity index (χ2v) is 4.74. The number of carbonyl (C=O) groups excluding carboxylic acids is 1. The van der Waals surface area contributed by atoms with Gasteiger partial charge in [-0.15, -0.1) is 12.4 Å². The summed E-state index contributed by atoms with van der Waals surface area (Å²) >= 11 is 0. The van der Waals surface area contributed by atoms with Gasteiger partial charge in [0.2, 0.25) is 5.91 Å². The first-order chi connectivity index (χ1) is 7.84. The Bertz CT molecular complexity index is 386. The van der Waals surface area contributed by atoms with Gasteiger partial charge in [-0.05, 0) is 17.4 Å². The largest absolute Gasteiger partial charge is 0.352 e. The number of halogens is 1. The van der Waals surface area contributed by atoms with Crippen molar-refractivity contribution in [2.24, 2.45) is 11.8 Å². The van der Waals surface area contributed by atoms with Gasteiger partial charge in [0.1, 0.15) is 0 Å². The Balaban J connectivity index is 0.00000108. The summed E-state index contributed by atoms with van der Waals surface area (Å²) in [5.41, 5.74) is 1.09. The highest BCUT2D eigenvalue weighted by Crippen LogP contribution is 2.41. The summed E-state index contributed by atoms with van der Waals surface area (Å²) in [5, 5.41) is 6.45. The fourth-order valence-corrected chi connectivity index (χ4v) is 2.65. The Morgan fingerprint density at radius 1 is 1.24 bits per heavy atom. The molecule has 0 spiro atoms. The Kier molecular flexibility index (Phi) is 3.69. The summed E-state index contributed by atoms with van der Waals surface area (Å²) in [5.74, 6) is 1.55. The fourth-order valence-electron chi connectivity index (χ4n) is 2.65. The van der Waals surface area contributed by atoms with Gasteiger partial charge in [0.05, 0.1) is 6.42 Å². The first kappa shape index (κ1) is 12.4. The molecule has 1 heterocycles. The third kappa shape index (κ3) is 2.61. The highest BCUT2D eigenvalue weighted by molar-refractivity contribution is 5.85. The highest BCUT2D eigenvalue weighted by atomic mass is 35.5. The number of hydrogen-bond donors (Lipinski definition) is 2. The molecule has 0 radical (unpaired) electrons. The number of carbonyl (C=O) groups is 1. The van der Waals surface area contributed by atoms with E-state index in [1.54, 1.807) is 0 Å². The van der Waals surface area contributed by atoms with E-state index in [-0.39, 0.29) is 18.3 Å². The number of rotatable bonds is 3. The van der Waals surface area contributed by atoms with Gasteiger partial charge < -0.3 is 10.6 Å². The molecule has 3 rings (SSSR count). The van der Waals surface area contributed by atoms with E-state index in [4.69, 9.17) is 0 Å². The minimum absolute atomic E-state index is 0. The number of fused-ring (bicyclic) bond motifs is 1. The van der Waals surface area contributed by atoms with Crippen LogP contribution >= 0.6 is 12.4 Å². The molecule has 2 unspecified atom stereocenters. The van der Waals surface area contributed by atoms with Gasteiger partial charge in [0.15, 0.2) is 0 Å². The maximum absolute atomic E-state index is 11.8.